The Kier molecular flexibility index (Phi) is 34.9. The Balaban J connectivity index is 0.000000241. The van der Waals surface area contributed by atoms with E-state index in [1.807, 2.05) is 0 Å². The summed E-state index contributed by atoms with van der Waals surface area (Å²) in [6, 6.07) is 0. The fourth-order valence-electron chi connectivity index (χ4n) is 4.08. The standard InChI is InChI=1S/C5H11N.C5H10O.C4H9NO.C4H9N.C4H8O2.C4H8O.2C4H8/c2*1-2-4-6-5-3-1;1-3-6-4-2-5-1;1-2-4-5-3-1;1-2-6-4-3-5-1;1-2-4-5-3-1;2*1-2-4-3-1/h6H,1-5H2;1-5H2;5H,1-4H2;5H,1-4H2;1-4H2;1-4H2;2*1-4H2. The molecular weight excluding hydrogens is 530 g/mol. The molecule has 6 heterocycles. The summed E-state index contributed by atoms with van der Waals surface area (Å²) < 4.78 is 24.9. The molecule has 42 heavy (non-hydrogen) atoms. The number of nitrogens with one attached hydrogen (secondary N) is 3. The molecule has 6 saturated heterocycles. The zero-order valence-corrected chi connectivity index (χ0v) is 27.6. The highest BCUT2D eigenvalue weighted by Gasteiger charge is 1.98. The lowest BCUT2D eigenvalue weighted by molar-refractivity contribution is -0.0334. The van der Waals surface area contributed by atoms with Crippen LogP contribution in [0.4, 0.5) is 0 Å². The highest BCUT2D eigenvalue weighted by Crippen LogP contribution is 2.15. The zero-order valence-electron chi connectivity index (χ0n) is 27.6. The summed E-state index contributed by atoms with van der Waals surface area (Å²) >= 11 is 0. The molecule has 8 fully saturated rings. The third kappa shape index (κ3) is 34.2. The molecule has 0 amide bonds. The average molecular weight is 602 g/mol. The van der Waals surface area contributed by atoms with Gasteiger partial charge in [0.25, 0.3) is 0 Å². The topological polar surface area (TPSA) is 82.2 Å². The van der Waals surface area contributed by atoms with E-state index in [-0.39, 0.29) is 0 Å². The van der Waals surface area contributed by atoms with Gasteiger partial charge in [-0.15, -0.1) is 0 Å². The molecule has 0 atom stereocenters. The van der Waals surface area contributed by atoms with E-state index in [0.29, 0.717) is 0 Å². The van der Waals surface area contributed by atoms with Crippen LogP contribution >= 0.6 is 0 Å². The minimum Gasteiger partial charge on any atom is -0.381 e. The molecule has 8 heteroatoms. The van der Waals surface area contributed by atoms with Gasteiger partial charge in [-0.3, -0.25) is 0 Å². The Morgan fingerprint density at radius 3 is 0.571 bits per heavy atom. The number of hydrogen-bond donors (Lipinski definition) is 3. The minimum atomic E-state index is 0.778. The summed E-state index contributed by atoms with van der Waals surface area (Å²) in [7, 11) is 0. The van der Waals surface area contributed by atoms with Gasteiger partial charge in [-0.2, -0.15) is 0 Å². The highest BCUT2D eigenvalue weighted by atomic mass is 16.6. The predicted molar refractivity (Wildman–Crippen MR) is 176 cm³/mol. The minimum absolute atomic E-state index is 0.778. The van der Waals surface area contributed by atoms with Gasteiger partial charge in [-0.25, -0.2) is 0 Å². The van der Waals surface area contributed by atoms with Crippen LogP contribution in [-0.2, 0) is 23.7 Å². The average Bonchev–Trinajstić information content (AvgIpc) is 3.81. The van der Waals surface area contributed by atoms with Crippen LogP contribution in [0.5, 0.6) is 0 Å². The van der Waals surface area contributed by atoms with Crippen LogP contribution in [0, 0.1) is 0 Å². The van der Waals surface area contributed by atoms with Gasteiger partial charge < -0.3 is 39.6 Å². The maximum Gasteiger partial charge on any atom is 0.0701 e. The molecule has 0 aromatic rings. The number of morpholine rings is 1. The second kappa shape index (κ2) is 36.9. The van der Waals surface area contributed by atoms with Crippen LogP contribution in [-0.4, -0.2) is 105 Å². The molecule has 0 aromatic heterocycles. The van der Waals surface area contributed by atoms with Crippen molar-refractivity contribution in [2.75, 3.05) is 105 Å². The van der Waals surface area contributed by atoms with E-state index >= 15 is 0 Å². The quantitative estimate of drug-likeness (QED) is 0.318. The Labute approximate surface area is 260 Å². The van der Waals surface area contributed by atoms with Crippen molar-refractivity contribution in [2.45, 2.75) is 116 Å². The molecule has 0 unspecified atom stereocenters. The molecule has 8 aliphatic rings. The third-order valence-corrected chi connectivity index (χ3v) is 7.66. The van der Waals surface area contributed by atoms with Gasteiger partial charge >= 0.3 is 0 Å². The molecule has 0 radical (unpaired) electrons. The Morgan fingerprint density at radius 1 is 0.190 bits per heavy atom. The van der Waals surface area contributed by atoms with Crippen LogP contribution in [0.3, 0.4) is 0 Å². The molecule has 8 nitrogen and oxygen atoms in total. The van der Waals surface area contributed by atoms with E-state index in [9.17, 15) is 0 Å². The first-order valence-electron chi connectivity index (χ1n) is 18.0. The van der Waals surface area contributed by atoms with Crippen molar-refractivity contribution in [1.82, 2.24) is 16.0 Å². The molecular formula is C34H71N3O5. The summed E-state index contributed by atoms with van der Waals surface area (Å²) in [6.07, 6.45) is 25.5. The normalized spacial score (nSPS) is 24.0. The van der Waals surface area contributed by atoms with Crippen molar-refractivity contribution in [3.63, 3.8) is 0 Å². The number of piperidine rings is 1. The van der Waals surface area contributed by atoms with E-state index in [0.717, 1.165) is 79.2 Å². The van der Waals surface area contributed by atoms with Gasteiger partial charge in [0.2, 0.25) is 0 Å². The summed E-state index contributed by atoms with van der Waals surface area (Å²) in [5, 5.41) is 9.67. The van der Waals surface area contributed by atoms with Crippen molar-refractivity contribution in [1.29, 1.82) is 0 Å². The van der Waals surface area contributed by atoms with Crippen LogP contribution in [0.1, 0.15) is 116 Å². The maximum atomic E-state index is 5.07. The van der Waals surface area contributed by atoms with Crippen molar-refractivity contribution in [3.05, 3.63) is 0 Å². The molecule has 3 N–H and O–H groups in total. The van der Waals surface area contributed by atoms with Crippen LogP contribution in [0.25, 0.3) is 0 Å². The Hall–Kier alpha value is -0.320. The largest absolute Gasteiger partial charge is 0.381 e. The molecule has 2 aliphatic carbocycles. The molecule has 6 aliphatic heterocycles. The first-order chi connectivity index (χ1) is 21.0. The van der Waals surface area contributed by atoms with Crippen LogP contribution < -0.4 is 16.0 Å². The van der Waals surface area contributed by atoms with Gasteiger partial charge in [0.15, 0.2) is 0 Å². The molecule has 2 saturated carbocycles. The van der Waals surface area contributed by atoms with E-state index in [1.165, 1.54) is 142 Å². The highest BCUT2D eigenvalue weighted by molar-refractivity contribution is 4.56. The summed E-state index contributed by atoms with van der Waals surface area (Å²) in [6.45, 7) is 15.9. The number of ether oxygens (including phenoxy) is 5. The van der Waals surface area contributed by atoms with Gasteiger partial charge in [-0.1, -0.05) is 57.8 Å². The van der Waals surface area contributed by atoms with Crippen molar-refractivity contribution in [3.8, 4) is 0 Å². The molecule has 8 rings (SSSR count). The Bertz CT molecular complexity index is 323. The number of hydrogen-bond acceptors (Lipinski definition) is 8. The van der Waals surface area contributed by atoms with Crippen LogP contribution in [0.15, 0.2) is 0 Å². The van der Waals surface area contributed by atoms with E-state index in [1.54, 1.807) is 0 Å². The smallest absolute Gasteiger partial charge is 0.0701 e. The van der Waals surface area contributed by atoms with E-state index in [4.69, 9.17) is 23.7 Å². The van der Waals surface area contributed by atoms with Gasteiger partial charge in [0.05, 0.1) is 39.6 Å². The van der Waals surface area contributed by atoms with E-state index < -0.39 is 0 Å². The van der Waals surface area contributed by atoms with Gasteiger partial charge in [-0.05, 0) is 84.0 Å². The number of rotatable bonds is 0. The second-order valence-corrected chi connectivity index (χ2v) is 11.7. The molecule has 252 valence electrons. The lowest BCUT2D eigenvalue weighted by atomic mass is 10.0. The fourth-order valence-corrected chi connectivity index (χ4v) is 4.08. The van der Waals surface area contributed by atoms with Crippen molar-refractivity contribution >= 4 is 0 Å². The predicted octanol–water partition coefficient (Wildman–Crippen LogP) is 5.87. The lowest BCUT2D eigenvalue weighted by Gasteiger charge is -2.10. The van der Waals surface area contributed by atoms with Crippen LogP contribution in [0.2, 0.25) is 0 Å². The molecule has 0 bridgehead atoms. The Morgan fingerprint density at radius 2 is 0.429 bits per heavy atom. The van der Waals surface area contributed by atoms with Gasteiger partial charge in [0, 0.05) is 39.5 Å². The van der Waals surface area contributed by atoms with E-state index in [2.05, 4.69) is 16.0 Å². The van der Waals surface area contributed by atoms with Crippen molar-refractivity contribution < 1.29 is 23.7 Å². The SMILES string of the molecule is C1CCC1.C1CCC1.C1CCNC1.C1CCNCC1.C1CCOC1.C1CCOCC1.C1COCCN1.C1COCCO1. The first kappa shape index (κ1) is 39.7. The summed E-state index contributed by atoms with van der Waals surface area (Å²) in [5.74, 6) is 0. The first-order valence-corrected chi connectivity index (χ1v) is 18.0. The third-order valence-electron chi connectivity index (χ3n) is 7.66. The second-order valence-electron chi connectivity index (χ2n) is 11.7. The summed E-state index contributed by atoms with van der Waals surface area (Å²) in [5.41, 5.74) is 0. The van der Waals surface area contributed by atoms with Crippen molar-refractivity contribution in [2.24, 2.45) is 0 Å². The zero-order chi connectivity index (χ0) is 29.7. The van der Waals surface area contributed by atoms with Gasteiger partial charge in [0.1, 0.15) is 0 Å². The maximum absolute atomic E-state index is 5.07. The molecule has 0 aromatic carbocycles. The molecule has 0 spiro atoms. The monoisotopic (exact) mass is 602 g/mol. The lowest BCUT2D eigenvalue weighted by Crippen LogP contribution is -2.30. The fraction of sp³-hybridized carbons (Fsp3) is 1.00. The summed E-state index contributed by atoms with van der Waals surface area (Å²) in [4.78, 5) is 0.